The van der Waals surface area contributed by atoms with E-state index in [-0.39, 0.29) is 0 Å². The molecule has 2 rings (SSSR count). The highest BCUT2D eigenvalue weighted by molar-refractivity contribution is 9.10. The molecule has 0 saturated carbocycles. The molecule has 0 aliphatic rings. The van der Waals surface area contributed by atoms with E-state index < -0.39 is 0 Å². The van der Waals surface area contributed by atoms with Gasteiger partial charge >= 0.3 is 0 Å². The van der Waals surface area contributed by atoms with Crippen molar-refractivity contribution in [1.29, 1.82) is 5.26 Å². The summed E-state index contributed by atoms with van der Waals surface area (Å²) in [6, 6.07) is 13.2. The van der Waals surface area contributed by atoms with Crippen LogP contribution in [0.2, 0.25) is 5.02 Å². The number of nitrogens with zero attached hydrogens (tertiary/aromatic N) is 1. The summed E-state index contributed by atoms with van der Waals surface area (Å²) >= 11 is 12.8. The van der Waals surface area contributed by atoms with Gasteiger partial charge in [0.25, 0.3) is 0 Å². The van der Waals surface area contributed by atoms with Gasteiger partial charge in [0, 0.05) is 8.95 Å². The summed E-state index contributed by atoms with van der Waals surface area (Å²) in [5.74, 6) is 0. The molecule has 5 heteroatoms. The topological polar surface area (TPSA) is 35.8 Å². The van der Waals surface area contributed by atoms with Crippen LogP contribution in [-0.4, -0.2) is 0 Å². The molecule has 0 heterocycles. The van der Waals surface area contributed by atoms with Gasteiger partial charge in [-0.05, 0) is 36.4 Å². The molecule has 0 unspecified atom stereocenters. The van der Waals surface area contributed by atoms with E-state index in [0.717, 1.165) is 20.3 Å². The quantitative estimate of drug-likeness (QED) is 0.742. The molecule has 1 N–H and O–H groups in total. The number of rotatable bonds is 2. The van der Waals surface area contributed by atoms with Crippen LogP contribution in [0.4, 0.5) is 11.4 Å². The Balaban J connectivity index is 2.37. The summed E-state index contributed by atoms with van der Waals surface area (Å²) in [5, 5.41) is 12.8. The molecule has 2 aromatic carbocycles. The molecular weight excluding hydrogens is 379 g/mol. The molecule has 0 radical (unpaired) electrons. The first kappa shape index (κ1) is 13.4. The average Bonchev–Trinajstić information content (AvgIpc) is 2.34. The lowest BCUT2D eigenvalue weighted by Gasteiger charge is -2.10. The van der Waals surface area contributed by atoms with Gasteiger partial charge in [0.1, 0.15) is 6.07 Å². The van der Waals surface area contributed by atoms with Crippen LogP contribution in [-0.2, 0) is 0 Å². The van der Waals surface area contributed by atoms with Gasteiger partial charge in [0.05, 0.1) is 22.0 Å². The fraction of sp³-hybridized carbons (Fsp3) is 0. The van der Waals surface area contributed by atoms with Crippen LogP contribution >= 0.6 is 43.5 Å². The smallest absolute Gasteiger partial charge is 0.101 e. The molecular formula is C13H7Br2ClN2. The van der Waals surface area contributed by atoms with Crippen LogP contribution in [0.25, 0.3) is 0 Å². The van der Waals surface area contributed by atoms with E-state index in [9.17, 15) is 0 Å². The lowest BCUT2D eigenvalue weighted by Crippen LogP contribution is -1.94. The van der Waals surface area contributed by atoms with Crippen molar-refractivity contribution in [2.24, 2.45) is 0 Å². The van der Waals surface area contributed by atoms with E-state index in [1.165, 1.54) is 0 Å². The summed E-state index contributed by atoms with van der Waals surface area (Å²) in [5.41, 5.74) is 2.05. The third-order valence-electron chi connectivity index (χ3n) is 2.30. The lowest BCUT2D eigenvalue weighted by molar-refractivity contribution is 1.45. The predicted molar refractivity (Wildman–Crippen MR) is 81.3 cm³/mol. The van der Waals surface area contributed by atoms with E-state index in [4.69, 9.17) is 16.9 Å². The molecule has 0 spiro atoms. The van der Waals surface area contributed by atoms with Crippen LogP contribution in [0.15, 0.2) is 45.3 Å². The second-order valence-electron chi connectivity index (χ2n) is 3.55. The van der Waals surface area contributed by atoms with Gasteiger partial charge in [0.15, 0.2) is 0 Å². The molecule has 90 valence electrons. The summed E-state index contributed by atoms with van der Waals surface area (Å²) in [6.45, 7) is 0. The number of nitrogens with one attached hydrogen (secondary N) is 1. The second kappa shape index (κ2) is 5.75. The average molecular weight is 386 g/mol. The standard InChI is InChI=1S/C13H7Br2ClN2/c14-9-1-3-12(8(5-9)7-17)18-13-4-2-10(15)6-11(13)16/h1-6,18H. The van der Waals surface area contributed by atoms with E-state index in [1.54, 1.807) is 12.1 Å². The number of halogens is 3. The maximum atomic E-state index is 9.08. The summed E-state index contributed by atoms with van der Waals surface area (Å²) in [4.78, 5) is 0. The number of benzene rings is 2. The number of anilines is 2. The third kappa shape index (κ3) is 3.05. The molecule has 18 heavy (non-hydrogen) atoms. The Morgan fingerprint density at radius 3 is 2.22 bits per heavy atom. The van der Waals surface area contributed by atoms with Gasteiger partial charge in [-0.15, -0.1) is 0 Å². The first-order chi connectivity index (χ1) is 8.60. The number of nitriles is 1. The van der Waals surface area contributed by atoms with Crippen molar-refractivity contribution in [3.8, 4) is 6.07 Å². The minimum Gasteiger partial charge on any atom is -0.353 e. The van der Waals surface area contributed by atoms with E-state index in [1.807, 2.05) is 24.3 Å². The third-order valence-corrected chi connectivity index (χ3v) is 3.60. The first-order valence-electron chi connectivity index (χ1n) is 5.02. The number of hydrogen-bond donors (Lipinski definition) is 1. The van der Waals surface area contributed by atoms with Crippen LogP contribution in [0.1, 0.15) is 5.56 Å². The summed E-state index contributed by atoms with van der Waals surface area (Å²) in [6.07, 6.45) is 0. The van der Waals surface area contributed by atoms with Crippen molar-refractivity contribution in [1.82, 2.24) is 0 Å². The minimum atomic E-state index is 0.559. The van der Waals surface area contributed by atoms with E-state index in [2.05, 4.69) is 43.2 Å². The van der Waals surface area contributed by atoms with E-state index >= 15 is 0 Å². The van der Waals surface area contributed by atoms with Crippen molar-refractivity contribution in [3.63, 3.8) is 0 Å². The zero-order chi connectivity index (χ0) is 13.1. The normalized spacial score (nSPS) is 9.89. The van der Waals surface area contributed by atoms with Gasteiger partial charge in [-0.1, -0.05) is 43.5 Å². The van der Waals surface area contributed by atoms with Crippen LogP contribution in [0, 0.1) is 11.3 Å². The monoisotopic (exact) mass is 384 g/mol. The Hall–Kier alpha value is -1.02. The summed E-state index contributed by atoms with van der Waals surface area (Å²) in [7, 11) is 0. The lowest BCUT2D eigenvalue weighted by atomic mass is 10.2. The Morgan fingerprint density at radius 2 is 1.61 bits per heavy atom. The van der Waals surface area contributed by atoms with Crippen LogP contribution < -0.4 is 5.32 Å². The molecule has 0 aliphatic carbocycles. The second-order valence-corrected chi connectivity index (χ2v) is 5.79. The van der Waals surface area contributed by atoms with Gasteiger partial charge in [-0.3, -0.25) is 0 Å². The van der Waals surface area contributed by atoms with Gasteiger partial charge in [-0.2, -0.15) is 5.26 Å². The fourth-order valence-corrected chi connectivity index (χ4v) is 2.54. The fourth-order valence-electron chi connectivity index (χ4n) is 1.45. The SMILES string of the molecule is N#Cc1cc(Br)ccc1Nc1ccc(Br)cc1Cl. The Morgan fingerprint density at radius 1 is 1.00 bits per heavy atom. The van der Waals surface area contributed by atoms with Crippen molar-refractivity contribution < 1.29 is 0 Å². The molecule has 0 aromatic heterocycles. The van der Waals surface area contributed by atoms with E-state index in [0.29, 0.717) is 10.6 Å². The molecule has 0 atom stereocenters. The molecule has 0 aliphatic heterocycles. The molecule has 0 saturated heterocycles. The van der Waals surface area contributed by atoms with Gasteiger partial charge in [0.2, 0.25) is 0 Å². The zero-order valence-electron chi connectivity index (χ0n) is 9.05. The first-order valence-corrected chi connectivity index (χ1v) is 6.98. The van der Waals surface area contributed by atoms with Gasteiger partial charge < -0.3 is 5.32 Å². The van der Waals surface area contributed by atoms with Crippen LogP contribution in [0.5, 0.6) is 0 Å². The Labute approximate surface area is 127 Å². The summed E-state index contributed by atoms with van der Waals surface area (Å²) < 4.78 is 1.78. The maximum Gasteiger partial charge on any atom is 0.101 e. The van der Waals surface area contributed by atoms with Crippen molar-refractivity contribution in [2.45, 2.75) is 0 Å². The van der Waals surface area contributed by atoms with Crippen LogP contribution in [0.3, 0.4) is 0 Å². The minimum absolute atomic E-state index is 0.559. The molecule has 0 amide bonds. The van der Waals surface area contributed by atoms with Gasteiger partial charge in [-0.25, -0.2) is 0 Å². The predicted octanol–water partition coefficient (Wildman–Crippen LogP) is 5.48. The maximum absolute atomic E-state index is 9.08. The largest absolute Gasteiger partial charge is 0.353 e. The zero-order valence-corrected chi connectivity index (χ0v) is 13.0. The molecule has 2 nitrogen and oxygen atoms in total. The number of hydrogen-bond acceptors (Lipinski definition) is 2. The Bertz CT molecular complexity index is 635. The van der Waals surface area contributed by atoms with Crippen molar-refractivity contribution in [2.75, 3.05) is 5.32 Å². The molecule has 0 fully saturated rings. The van der Waals surface area contributed by atoms with Crippen molar-refractivity contribution in [3.05, 3.63) is 55.9 Å². The highest BCUT2D eigenvalue weighted by Crippen LogP contribution is 2.30. The highest BCUT2D eigenvalue weighted by atomic mass is 79.9. The molecule has 0 bridgehead atoms. The Kier molecular flexibility index (Phi) is 4.28. The highest BCUT2D eigenvalue weighted by Gasteiger charge is 2.06. The molecule has 2 aromatic rings. The van der Waals surface area contributed by atoms with Crippen molar-refractivity contribution >= 4 is 54.8 Å².